The smallest absolute Gasteiger partial charge is 0.148 e. The Morgan fingerprint density at radius 2 is 0.942 bits per heavy atom. The Morgan fingerprint density at radius 3 is 1.52 bits per heavy atom. The third-order valence-corrected chi connectivity index (χ3v) is 13.6. The van der Waals surface area contributed by atoms with Gasteiger partial charge in [-0.25, -0.2) is 8.78 Å². The van der Waals surface area contributed by atoms with E-state index in [1.54, 1.807) is 12.1 Å². The van der Waals surface area contributed by atoms with E-state index < -0.39 is 0 Å². The summed E-state index contributed by atoms with van der Waals surface area (Å²) in [7, 11) is 0. The molecule has 0 saturated heterocycles. The first-order chi connectivity index (χ1) is 34.1. The van der Waals surface area contributed by atoms with E-state index in [-0.39, 0.29) is 11.6 Å². The first-order valence-corrected chi connectivity index (χ1v) is 23.7. The highest BCUT2D eigenvalue weighted by molar-refractivity contribution is 6.28. The molecule has 69 heavy (non-hydrogen) atoms. The largest absolute Gasteiger partial charge is 0.307 e. The second kappa shape index (κ2) is 17.9. The molecular formula is C65H46F2N2. The van der Waals surface area contributed by atoms with E-state index in [0.29, 0.717) is 17.8 Å². The molecule has 10 aromatic rings. The van der Waals surface area contributed by atoms with Crippen molar-refractivity contribution in [1.29, 1.82) is 0 Å². The Bertz CT molecular complexity index is 3700. The second-order valence-electron chi connectivity index (χ2n) is 17.7. The molecule has 4 heteroatoms. The van der Waals surface area contributed by atoms with Gasteiger partial charge in [-0.15, -0.1) is 0 Å². The van der Waals surface area contributed by atoms with Gasteiger partial charge in [0.1, 0.15) is 11.6 Å². The number of allylic oxidation sites excluding steroid dienone is 9. The predicted octanol–water partition coefficient (Wildman–Crippen LogP) is 18.6. The van der Waals surface area contributed by atoms with Crippen LogP contribution in [0.4, 0.5) is 37.2 Å². The van der Waals surface area contributed by atoms with Crippen molar-refractivity contribution >= 4 is 66.3 Å². The molecule has 0 N–H and O–H groups in total. The van der Waals surface area contributed by atoms with Crippen LogP contribution in [0.15, 0.2) is 248 Å². The van der Waals surface area contributed by atoms with E-state index in [0.717, 1.165) is 112 Å². The molecule has 0 atom stereocenters. The summed E-state index contributed by atoms with van der Waals surface area (Å²) < 4.78 is 35.4. The molecule has 2 aliphatic rings. The van der Waals surface area contributed by atoms with Gasteiger partial charge >= 0.3 is 0 Å². The third kappa shape index (κ3) is 7.61. The van der Waals surface area contributed by atoms with Crippen molar-refractivity contribution in [2.75, 3.05) is 9.80 Å². The zero-order chi connectivity index (χ0) is 46.3. The van der Waals surface area contributed by atoms with Gasteiger partial charge in [-0.2, -0.15) is 0 Å². The maximum absolute atomic E-state index is 17.7. The number of benzene rings is 10. The highest BCUT2D eigenvalue weighted by Crippen LogP contribution is 2.51. The Hall–Kier alpha value is -8.60. The number of rotatable bonds is 10. The molecular weight excluding hydrogens is 847 g/mol. The molecule has 0 saturated carbocycles. The van der Waals surface area contributed by atoms with E-state index >= 15 is 8.78 Å². The first-order valence-electron chi connectivity index (χ1n) is 23.7. The first kappa shape index (κ1) is 41.8. The second-order valence-corrected chi connectivity index (χ2v) is 17.7. The molecule has 0 spiro atoms. The predicted molar refractivity (Wildman–Crippen MR) is 287 cm³/mol. The van der Waals surface area contributed by atoms with Gasteiger partial charge in [-0.05, 0) is 129 Å². The zero-order valence-corrected chi connectivity index (χ0v) is 37.9. The molecule has 0 aromatic heterocycles. The lowest BCUT2D eigenvalue weighted by molar-refractivity contribution is 0.628. The van der Waals surface area contributed by atoms with Gasteiger partial charge in [-0.1, -0.05) is 188 Å². The van der Waals surface area contributed by atoms with Crippen LogP contribution in [-0.4, -0.2) is 0 Å². The monoisotopic (exact) mass is 892 g/mol. The van der Waals surface area contributed by atoms with Crippen LogP contribution in [0.2, 0.25) is 0 Å². The van der Waals surface area contributed by atoms with Crippen LogP contribution in [0.3, 0.4) is 0 Å². The normalized spacial score (nSPS) is 13.5. The van der Waals surface area contributed by atoms with Crippen LogP contribution in [0.25, 0.3) is 71.3 Å². The van der Waals surface area contributed by atoms with Crippen LogP contribution in [0.1, 0.15) is 24.8 Å². The summed E-state index contributed by atoms with van der Waals surface area (Å²) in [6, 6.07) is 65.2. The molecule has 2 nitrogen and oxygen atoms in total. The van der Waals surface area contributed by atoms with Crippen molar-refractivity contribution < 1.29 is 8.78 Å². The highest BCUT2D eigenvalue weighted by Gasteiger charge is 2.29. The van der Waals surface area contributed by atoms with Gasteiger partial charge in [0.05, 0.1) is 22.7 Å². The summed E-state index contributed by atoms with van der Waals surface area (Å²) in [5.41, 5.74) is 11.6. The number of para-hydroxylation sites is 1. The zero-order valence-electron chi connectivity index (χ0n) is 37.9. The van der Waals surface area contributed by atoms with Crippen LogP contribution in [0.5, 0.6) is 0 Å². The standard InChI is InChI=1S/C65H46F2N2/c66-58-42-50(44-20-8-3-9-21-44)40-56(46-24-12-5-13-25-46)64(58)68(52-28-16-1-2-17-29-52)60-38-34-48-33-37-55-61(39-35-49-32-36-54(60)62(48)63(49)55)69(53-30-18-7-19-31-53)65-57(47-26-14-6-15-27-47)41-51(43-59(65)67)45-22-10-4-11-23-45/h1-12,14-16,18-24,26-43H,13,17,25H2. The van der Waals surface area contributed by atoms with Gasteiger partial charge in [0.25, 0.3) is 0 Å². The number of nitrogens with zero attached hydrogens (tertiary/aromatic N) is 2. The summed E-state index contributed by atoms with van der Waals surface area (Å²) in [5.74, 6) is -0.629. The van der Waals surface area contributed by atoms with Crippen molar-refractivity contribution in [1.82, 2.24) is 0 Å². The van der Waals surface area contributed by atoms with Gasteiger partial charge in [0.2, 0.25) is 0 Å². The van der Waals surface area contributed by atoms with Crippen LogP contribution in [0, 0.1) is 11.6 Å². The maximum atomic E-state index is 17.7. The molecule has 10 aromatic carbocycles. The van der Waals surface area contributed by atoms with Crippen LogP contribution in [-0.2, 0) is 0 Å². The average molecular weight is 893 g/mol. The SMILES string of the molecule is Fc1cc(-c2ccccc2)cc(C2=CC=CCC2)c1N(C1=CCC=CC=C1)c1ccc2ccc3c(N(c4ccccc4)c4c(F)cc(-c5ccccc5)cc4-c4ccccc4)ccc4ccc1c2c43. The van der Waals surface area contributed by atoms with E-state index in [9.17, 15) is 0 Å². The van der Waals surface area contributed by atoms with E-state index in [4.69, 9.17) is 0 Å². The Balaban J connectivity index is 1.11. The van der Waals surface area contributed by atoms with Gasteiger partial charge in [0.15, 0.2) is 0 Å². The molecule has 0 heterocycles. The minimum Gasteiger partial charge on any atom is -0.307 e. The molecule has 0 unspecified atom stereocenters. The van der Waals surface area contributed by atoms with Gasteiger partial charge in [0, 0.05) is 33.3 Å². The van der Waals surface area contributed by atoms with E-state index in [2.05, 4.69) is 113 Å². The summed E-state index contributed by atoms with van der Waals surface area (Å²) in [6.07, 6.45) is 19.3. The lowest BCUT2D eigenvalue weighted by Crippen LogP contribution is -2.19. The number of halogens is 2. The quantitative estimate of drug-likeness (QED) is 0.126. The lowest BCUT2D eigenvalue weighted by Gasteiger charge is -2.32. The molecule has 0 bridgehead atoms. The third-order valence-electron chi connectivity index (χ3n) is 13.6. The maximum Gasteiger partial charge on any atom is 0.148 e. The topological polar surface area (TPSA) is 6.48 Å². The lowest BCUT2D eigenvalue weighted by atomic mass is 9.90. The highest BCUT2D eigenvalue weighted by atomic mass is 19.1. The number of anilines is 5. The van der Waals surface area contributed by atoms with Crippen molar-refractivity contribution in [2.24, 2.45) is 0 Å². The van der Waals surface area contributed by atoms with E-state index in [1.807, 2.05) is 127 Å². The summed E-state index contributed by atoms with van der Waals surface area (Å²) in [4.78, 5) is 4.23. The Kier molecular flexibility index (Phi) is 10.8. The van der Waals surface area contributed by atoms with E-state index in [1.165, 1.54) is 0 Å². The van der Waals surface area contributed by atoms with Crippen molar-refractivity contribution in [3.05, 3.63) is 266 Å². The fourth-order valence-electron chi connectivity index (χ4n) is 10.4. The van der Waals surface area contributed by atoms with Crippen molar-refractivity contribution in [3.63, 3.8) is 0 Å². The van der Waals surface area contributed by atoms with Gasteiger partial charge in [-0.3, -0.25) is 0 Å². The van der Waals surface area contributed by atoms with Crippen LogP contribution >= 0.6 is 0 Å². The fraction of sp³-hybridized carbons (Fsp3) is 0.0462. The fourth-order valence-corrected chi connectivity index (χ4v) is 10.4. The minimum atomic E-state index is -0.332. The molecule has 0 aliphatic heterocycles. The molecule has 0 radical (unpaired) electrons. The molecule has 2 aliphatic carbocycles. The minimum absolute atomic E-state index is 0.297. The Morgan fingerprint density at radius 1 is 0.420 bits per heavy atom. The Labute approximate surface area is 401 Å². The molecule has 0 fully saturated rings. The molecule has 330 valence electrons. The van der Waals surface area contributed by atoms with Crippen molar-refractivity contribution in [3.8, 4) is 33.4 Å². The number of hydrogen-bond acceptors (Lipinski definition) is 2. The molecule has 0 amide bonds. The van der Waals surface area contributed by atoms with Crippen LogP contribution < -0.4 is 9.80 Å². The van der Waals surface area contributed by atoms with Crippen molar-refractivity contribution in [2.45, 2.75) is 19.3 Å². The average Bonchev–Trinajstić information content (AvgIpc) is 3.70. The molecule has 12 rings (SSSR count). The van der Waals surface area contributed by atoms with Gasteiger partial charge < -0.3 is 9.80 Å². The summed E-state index contributed by atoms with van der Waals surface area (Å²) in [6.45, 7) is 0. The summed E-state index contributed by atoms with van der Waals surface area (Å²) in [5, 5.41) is 6.19. The number of hydrogen-bond donors (Lipinski definition) is 0. The summed E-state index contributed by atoms with van der Waals surface area (Å²) >= 11 is 0.